The quantitative estimate of drug-likeness (QED) is 0.567. The predicted molar refractivity (Wildman–Crippen MR) is 95.6 cm³/mol. The maximum absolute atomic E-state index is 12.6. The molecule has 1 saturated heterocycles. The van der Waals surface area contributed by atoms with Crippen LogP contribution in [0.5, 0.6) is 0 Å². The summed E-state index contributed by atoms with van der Waals surface area (Å²) in [7, 11) is 1.24. The first kappa shape index (κ1) is 18.9. The monoisotopic (exact) mass is 390 g/mol. The van der Waals surface area contributed by atoms with Crippen LogP contribution in [0, 0.1) is 0 Å². The highest BCUT2D eigenvalue weighted by atomic mass is 32.2. The third-order valence-corrected chi connectivity index (χ3v) is 4.79. The summed E-state index contributed by atoms with van der Waals surface area (Å²) in [5.41, 5.74) is 0.786. The van der Waals surface area contributed by atoms with Gasteiger partial charge in [0.25, 0.3) is 5.22 Å². The number of hydrogen-bond donors (Lipinski definition) is 1. The third kappa shape index (κ3) is 4.64. The number of thioether (sulfide) groups is 1. The largest absolute Gasteiger partial charge is 0.469 e. The molecule has 1 aliphatic heterocycles. The Bertz CT molecular complexity index is 826. The normalized spacial score (nSPS) is 16.7. The molecule has 0 saturated carbocycles. The maximum Gasteiger partial charge on any atom is 0.308 e. The number of esters is 1. The number of rotatable bonds is 6. The van der Waals surface area contributed by atoms with Crippen molar-refractivity contribution in [2.75, 3.05) is 26.0 Å². The number of carbonyl (C=O) groups is 3. The molecule has 2 heterocycles. The lowest BCUT2D eigenvalue weighted by Crippen LogP contribution is -2.58. The second-order valence-corrected chi connectivity index (χ2v) is 6.63. The van der Waals surface area contributed by atoms with Crippen LogP contribution in [0.15, 0.2) is 40.0 Å². The van der Waals surface area contributed by atoms with E-state index in [4.69, 9.17) is 4.42 Å². The summed E-state index contributed by atoms with van der Waals surface area (Å²) in [5, 5.41) is 10.8. The zero-order valence-electron chi connectivity index (χ0n) is 14.6. The Hall–Kier alpha value is -2.88. The fourth-order valence-corrected chi connectivity index (χ4v) is 3.28. The van der Waals surface area contributed by atoms with Gasteiger partial charge in [0.1, 0.15) is 6.04 Å². The maximum atomic E-state index is 12.6. The van der Waals surface area contributed by atoms with E-state index < -0.39 is 12.0 Å². The molecule has 2 aromatic rings. The summed E-state index contributed by atoms with van der Waals surface area (Å²) in [6, 6.07) is 8.42. The van der Waals surface area contributed by atoms with Gasteiger partial charge in [0.05, 0.1) is 19.3 Å². The molecule has 1 N–H and O–H groups in total. The van der Waals surface area contributed by atoms with Crippen LogP contribution in [0.25, 0.3) is 11.5 Å². The molecule has 0 unspecified atom stereocenters. The molecule has 10 heteroatoms. The van der Waals surface area contributed by atoms with Crippen LogP contribution in [0.1, 0.15) is 6.42 Å². The summed E-state index contributed by atoms with van der Waals surface area (Å²) < 4.78 is 10.2. The van der Waals surface area contributed by atoms with Gasteiger partial charge in [-0.2, -0.15) is 0 Å². The van der Waals surface area contributed by atoms with Crippen molar-refractivity contribution in [2.24, 2.45) is 0 Å². The van der Waals surface area contributed by atoms with E-state index in [0.717, 1.165) is 17.3 Å². The molecule has 1 fully saturated rings. The lowest BCUT2D eigenvalue weighted by Gasteiger charge is -2.34. The smallest absolute Gasteiger partial charge is 0.308 e. The molecule has 3 rings (SSSR count). The van der Waals surface area contributed by atoms with Crippen molar-refractivity contribution in [3.8, 4) is 11.5 Å². The lowest BCUT2D eigenvalue weighted by atomic mass is 10.1. The molecule has 0 spiro atoms. The van der Waals surface area contributed by atoms with Gasteiger partial charge in [0.2, 0.25) is 17.7 Å². The summed E-state index contributed by atoms with van der Waals surface area (Å²) in [6.07, 6.45) is -0.183. The lowest BCUT2D eigenvalue weighted by molar-refractivity contribution is -0.149. The van der Waals surface area contributed by atoms with Crippen molar-refractivity contribution < 1.29 is 23.5 Å². The highest BCUT2D eigenvalue weighted by Crippen LogP contribution is 2.23. The van der Waals surface area contributed by atoms with E-state index in [-0.39, 0.29) is 29.2 Å². The van der Waals surface area contributed by atoms with Gasteiger partial charge in [-0.3, -0.25) is 14.4 Å². The number of carbonyl (C=O) groups excluding carboxylic acids is 3. The molecule has 142 valence electrons. The van der Waals surface area contributed by atoms with Crippen molar-refractivity contribution in [3.63, 3.8) is 0 Å². The summed E-state index contributed by atoms with van der Waals surface area (Å²) in [6.45, 7) is 0.664. The minimum Gasteiger partial charge on any atom is -0.469 e. The van der Waals surface area contributed by atoms with Crippen molar-refractivity contribution in [3.05, 3.63) is 30.3 Å². The topological polar surface area (TPSA) is 115 Å². The fraction of sp³-hybridized carbons (Fsp3) is 0.353. The zero-order chi connectivity index (χ0) is 19.2. The fourth-order valence-electron chi connectivity index (χ4n) is 2.63. The zero-order valence-corrected chi connectivity index (χ0v) is 15.4. The number of amides is 2. The van der Waals surface area contributed by atoms with E-state index in [1.807, 2.05) is 30.3 Å². The van der Waals surface area contributed by atoms with E-state index in [2.05, 4.69) is 20.3 Å². The molecule has 0 bridgehead atoms. The van der Waals surface area contributed by atoms with Crippen molar-refractivity contribution in [1.82, 2.24) is 20.4 Å². The van der Waals surface area contributed by atoms with Gasteiger partial charge in [-0.1, -0.05) is 30.0 Å². The van der Waals surface area contributed by atoms with E-state index in [1.165, 1.54) is 12.0 Å². The third-order valence-electron chi connectivity index (χ3n) is 3.99. The number of hydrogen-bond acceptors (Lipinski definition) is 8. The number of nitrogens with one attached hydrogen (secondary N) is 1. The summed E-state index contributed by atoms with van der Waals surface area (Å²) in [4.78, 5) is 37.5. The molecule has 2 amide bonds. The van der Waals surface area contributed by atoms with E-state index in [9.17, 15) is 14.4 Å². The minimum atomic E-state index is -0.873. The molecule has 1 aliphatic rings. The van der Waals surface area contributed by atoms with Gasteiger partial charge in [0, 0.05) is 18.7 Å². The van der Waals surface area contributed by atoms with Crippen LogP contribution in [0.2, 0.25) is 0 Å². The van der Waals surface area contributed by atoms with Crippen LogP contribution in [0.4, 0.5) is 0 Å². The van der Waals surface area contributed by atoms with Gasteiger partial charge in [0.15, 0.2) is 0 Å². The highest BCUT2D eigenvalue weighted by molar-refractivity contribution is 7.99. The number of nitrogens with zero attached hydrogens (tertiary/aromatic N) is 3. The van der Waals surface area contributed by atoms with Gasteiger partial charge in [-0.05, 0) is 12.1 Å². The standard InChI is InChI=1S/C17H18N4O5S/c1-25-14(23)9-12-15(24)18-7-8-21(12)13(22)10-27-17-20-19-16(26-17)11-5-3-2-4-6-11/h2-6,12H,7-10H2,1H3,(H,18,24)/t12-/m0/s1. The Kier molecular flexibility index (Phi) is 6.07. The van der Waals surface area contributed by atoms with E-state index >= 15 is 0 Å². The molecule has 9 nitrogen and oxygen atoms in total. The molecule has 1 aromatic carbocycles. The van der Waals surface area contributed by atoms with E-state index in [1.54, 1.807) is 0 Å². The van der Waals surface area contributed by atoms with Crippen molar-refractivity contribution >= 4 is 29.5 Å². The molecule has 0 aliphatic carbocycles. The highest BCUT2D eigenvalue weighted by Gasteiger charge is 2.35. The van der Waals surface area contributed by atoms with Gasteiger partial charge in [-0.25, -0.2) is 0 Å². The van der Waals surface area contributed by atoms with E-state index in [0.29, 0.717) is 19.0 Å². The Labute approximate surface area is 159 Å². The molecule has 1 atom stereocenters. The second-order valence-electron chi connectivity index (χ2n) is 5.70. The molecule has 27 heavy (non-hydrogen) atoms. The Morgan fingerprint density at radius 2 is 2.11 bits per heavy atom. The van der Waals surface area contributed by atoms with Crippen LogP contribution in [-0.4, -0.2) is 64.9 Å². The first-order chi connectivity index (χ1) is 13.1. The second kappa shape index (κ2) is 8.67. The molecule has 1 aromatic heterocycles. The number of aromatic nitrogens is 2. The average molecular weight is 390 g/mol. The molecular weight excluding hydrogens is 372 g/mol. The Morgan fingerprint density at radius 3 is 2.85 bits per heavy atom. The molecule has 0 radical (unpaired) electrons. The number of piperazine rings is 1. The Morgan fingerprint density at radius 1 is 1.33 bits per heavy atom. The first-order valence-electron chi connectivity index (χ1n) is 8.24. The van der Waals surface area contributed by atoms with Crippen LogP contribution in [0.3, 0.4) is 0 Å². The minimum absolute atomic E-state index is 0.0153. The van der Waals surface area contributed by atoms with Crippen LogP contribution >= 0.6 is 11.8 Å². The number of benzene rings is 1. The van der Waals surface area contributed by atoms with Gasteiger partial charge in [-0.15, -0.1) is 10.2 Å². The van der Waals surface area contributed by atoms with Gasteiger partial charge >= 0.3 is 5.97 Å². The van der Waals surface area contributed by atoms with Gasteiger partial charge < -0.3 is 19.4 Å². The summed E-state index contributed by atoms with van der Waals surface area (Å²) in [5.74, 6) is -0.822. The first-order valence-corrected chi connectivity index (χ1v) is 9.22. The average Bonchev–Trinajstić information content (AvgIpc) is 3.17. The van der Waals surface area contributed by atoms with Crippen molar-refractivity contribution in [1.29, 1.82) is 0 Å². The van der Waals surface area contributed by atoms with Crippen LogP contribution in [-0.2, 0) is 19.1 Å². The summed E-state index contributed by atoms with van der Waals surface area (Å²) >= 11 is 1.09. The predicted octanol–water partition coefficient (Wildman–Crippen LogP) is 0.719. The number of ether oxygens (including phenoxy) is 1. The number of methoxy groups -OCH3 is 1. The van der Waals surface area contributed by atoms with Crippen LogP contribution < -0.4 is 5.32 Å². The molecular formula is C17H18N4O5S. The SMILES string of the molecule is COC(=O)C[C@H]1C(=O)NCCN1C(=O)CSc1nnc(-c2ccccc2)o1. The van der Waals surface area contributed by atoms with Crippen molar-refractivity contribution in [2.45, 2.75) is 17.7 Å². The Balaban J connectivity index is 1.61.